The van der Waals surface area contributed by atoms with Gasteiger partial charge in [0.1, 0.15) is 16.0 Å². The second-order valence-electron chi connectivity index (χ2n) is 2.18. The van der Waals surface area contributed by atoms with Crippen molar-refractivity contribution in [1.29, 1.82) is 0 Å². The predicted molar refractivity (Wildman–Crippen MR) is 51.7 cm³/mol. The van der Waals surface area contributed by atoms with Gasteiger partial charge in [0.15, 0.2) is 0 Å². The largest absolute Gasteiger partial charge is 0.506 e. The van der Waals surface area contributed by atoms with E-state index in [9.17, 15) is 5.11 Å². The van der Waals surface area contributed by atoms with E-state index in [0.29, 0.717) is 16.8 Å². The summed E-state index contributed by atoms with van der Waals surface area (Å²) in [6, 6.07) is 3.25. The Kier molecular flexibility index (Phi) is 3.25. The molecule has 1 rings (SSSR count). The Labute approximate surface area is 79.1 Å². The Hall–Kier alpha value is -0.870. The molecule has 0 unspecified atom stereocenters. The third kappa shape index (κ3) is 2.32. The summed E-state index contributed by atoms with van der Waals surface area (Å²) in [6.45, 7) is 0.438. The standard InChI is InChI=1S/C8H9BrN2O/c9-8-4-3-7(12)6(11-8)2-1-5-10/h1-4,12H,5,10H2. The number of hydrogen-bond donors (Lipinski definition) is 2. The first kappa shape index (κ1) is 9.22. The van der Waals surface area contributed by atoms with Crippen molar-refractivity contribution >= 4 is 22.0 Å². The van der Waals surface area contributed by atoms with Gasteiger partial charge < -0.3 is 10.8 Å². The van der Waals surface area contributed by atoms with Gasteiger partial charge in [-0.2, -0.15) is 0 Å². The van der Waals surface area contributed by atoms with Crippen LogP contribution < -0.4 is 5.73 Å². The topological polar surface area (TPSA) is 59.1 Å². The van der Waals surface area contributed by atoms with Crippen LogP contribution in [-0.4, -0.2) is 16.6 Å². The zero-order chi connectivity index (χ0) is 8.97. The fourth-order valence-electron chi connectivity index (χ4n) is 0.745. The van der Waals surface area contributed by atoms with E-state index < -0.39 is 0 Å². The molecule has 64 valence electrons. The smallest absolute Gasteiger partial charge is 0.141 e. The highest BCUT2D eigenvalue weighted by Crippen LogP contribution is 2.18. The van der Waals surface area contributed by atoms with Crippen LogP contribution in [0.5, 0.6) is 5.75 Å². The molecule has 0 aliphatic rings. The molecule has 0 radical (unpaired) electrons. The Morgan fingerprint density at radius 1 is 1.58 bits per heavy atom. The molecule has 0 aromatic carbocycles. The van der Waals surface area contributed by atoms with Crippen molar-refractivity contribution in [3.63, 3.8) is 0 Å². The molecule has 1 aromatic heterocycles. The van der Waals surface area contributed by atoms with E-state index in [4.69, 9.17) is 5.73 Å². The molecule has 0 aliphatic heterocycles. The van der Waals surface area contributed by atoms with Gasteiger partial charge >= 0.3 is 0 Å². The molecular weight excluding hydrogens is 220 g/mol. The van der Waals surface area contributed by atoms with Gasteiger partial charge in [0.05, 0.1) is 0 Å². The van der Waals surface area contributed by atoms with E-state index in [1.54, 1.807) is 24.3 Å². The Balaban J connectivity index is 2.97. The quantitative estimate of drug-likeness (QED) is 0.756. The molecule has 0 saturated heterocycles. The summed E-state index contributed by atoms with van der Waals surface area (Å²) in [5.74, 6) is 0.155. The SMILES string of the molecule is NCC=Cc1nc(Br)ccc1O. The minimum atomic E-state index is 0.155. The van der Waals surface area contributed by atoms with Gasteiger partial charge in [0, 0.05) is 6.54 Å². The maximum atomic E-state index is 9.29. The minimum Gasteiger partial charge on any atom is -0.506 e. The van der Waals surface area contributed by atoms with Gasteiger partial charge in [0.2, 0.25) is 0 Å². The van der Waals surface area contributed by atoms with Gasteiger partial charge in [-0.3, -0.25) is 0 Å². The summed E-state index contributed by atoms with van der Waals surface area (Å²) in [5.41, 5.74) is 5.78. The lowest BCUT2D eigenvalue weighted by Crippen LogP contribution is -1.92. The van der Waals surface area contributed by atoms with E-state index >= 15 is 0 Å². The zero-order valence-corrected chi connectivity index (χ0v) is 7.95. The molecule has 0 saturated carbocycles. The molecule has 4 heteroatoms. The highest BCUT2D eigenvalue weighted by atomic mass is 79.9. The van der Waals surface area contributed by atoms with E-state index in [-0.39, 0.29) is 5.75 Å². The Morgan fingerprint density at radius 3 is 3.00 bits per heavy atom. The van der Waals surface area contributed by atoms with Gasteiger partial charge in [-0.05, 0) is 34.1 Å². The molecule has 12 heavy (non-hydrogen) atoms. The van der Waals surface area contributed by atoms with Crippen molar-refractivity contribution in [2.75, 3.05) is 6.54 Å². The lowest BCUT2D eigenvalue weighted by Gasteiger charge is -1.97. The summed E-state index contributed by atoms with van der Waals surface area (Å²) < 4.78 is 0.692. The molecule has 3 N–H and O–H groups in total. The first-order valence-corrected chi connectivity index (χ1v) is 4.25. The average Bonchev–Trinajstić information content (AvgIpc) is 2.07. The third-order valence-electron chi connectivity index (χ3n) is 1.28. The van der Waals surface area contributed by atoms with Crippen LogP contribution in [0.1, 0.15) is 5.69 Å². The number of halogens is 1. The Bertz CT molecular complexity index is 299. The number of hydrogen-bond acceptors (Lipinski definition) is 3. The average molecular weight is 229 g/mol. The predicted octanol–water partition coefficient (Wildman–Crippen LogP) is 1.52. The third-order valence-corrected chi connectivity index (χ3v) is 1.72. The number of aromatic hydroxyl groups is 1. The first-order chi connectivity index (χ1) is 5.74. The highest BCUT2D eigenvalue weighted by molar-refractivity contribution is 9.10. The van der Waals surface area contributed by atoms with Crippen molar-refractivity contribution in [3.05, 3.63) is 28.5 Å². The summed E-state index contributed by atoms with van der Waals surface area (Å²) in [7, 11) is 0. The number of rotatable bonds is 2. The molecule has 0 spiro atoms. The van der Waals surface area contributed by atoms with Crippen LogP contribution in [-0.2, 0) is 0 Å². The van der Waals surface area contributed by atoms with Crippen molar-refractivity contribution in [3.8, 4) is 5.75 Å². The van der Waals surface area contributed by atoms with Crippen LogP contribution in [0.2, 0.25) is 0 Å². The van der Waals surface area contributed by atoms with E-state index in [1.807, 2.05) is 0 Å². The molecule has 0 atom stereocenters. The molecule has 0 amide bonds. The van der Waals surface area contributed by atoms with Gasteiger partial charge in [-0.15, -0.1) is 0 Å². The number of aromatic nitrogens is 1. The Morgan fingerprint density at radius 2 is 2.33 bits per heavy atom. The molecule has 1 heterocycles. The normalized spacial score (nSPS) is 10.8. The van der Waals surface area contributed by atoms with Gasteiger partial charge in [0.25, 0.3) is 0 Å². The first-order valence-electron chi connectivity index (χ1n) is 3.46. The highest BCUT2D eigenvalue weighted by Gasteiger charge is 1.98. The van der Waals surface area contributed by atoms with Crippen molar-refractivity contribution < 1.29 is 5.11 Å². The van der Waals surface area contributed by atoms with Crippen molar-refractivity contribution in [2.24, 2.45) is 5.73 Å². The number of nitrogens with two attached hydrogens (primary N) is 1. The van der Waals surface area contributed by atoms with Crippen molar-refractivity contribution in [2.45, 2.75) is 0 Å². The number of nitrogens with zero attached hydrogens (tertiary/aromatic N) is 1. The van der Waals surface area contributed by atoms with Crippen LogP contribution >= 0.6 is 15.9 Å². The maximum Gasteiger partial charge on any atom is 0.141 e. The zero-order valence-electron chi connectivity index (χ0n) is 6.37. The molecule has 3 nitrogen and oxygen atoms in total. The lowest BCUT2D eigenvalue weighted by atomic mass is 10.3. The van der Waals surface area contributed by atoms with Gasteiger partial charge in [-0.1, -0.05) is 6.08 Å². The maximum absolute atomic E-state index is 9.29. The van der Waals surface area contributed by atoms with E-state index in [1.165, 1.54) is 0 Å². The summed E-state index contributed by atoms with van der Waals surface area (Å²) in [6.07, 6.45) is 3.41. The fraction of sp³-hybridized carbons (Fsp3) is 0.125. The van der Waals surface area contributed by atoms with E-state index in [2.05, 4.69) is 20.9 Å². The van der Waals surface area contributed by atoms with Crippen LogP contribution in [0, 0.1) is 0 Å². The second kappa shape index (κ2) is 4.23. The van der Waals surface area contributed by atoms with Crippen LogP contribution in [0.3, 0.4) is 0 Å². The van der Waals surface area contributed by atoms with Crippen LogP contribution in [0.15, 0.2) is 22.8 Å². The summed E-state index contributed by atoms with van der Waals surface area (Å²) >= 11 is 3.20. The fourth-order valence-corrected chi connectivity index (χ4v) is 1.07. The summed E-state index contributed by atoms with van der Waals surface area (Å²) in [5, 5.41) is 9.29. The van der Waals surface area contributed by atoms with Gasteiger partial charge in [-0.25, -0.2) is 4.98 Å². The summed E-state index contributed by atoms with van der Waals surface area (Å²) in [4.78, 5) is 4.03. The molecular formula is C8H9BrN2O. The molecule has 0 aliphatic carbocycles. The monoisotopic (exact) mass is 228 g/mol. The minimum absolute atomic E-state index is 0.155. The molecule has 0 bridgehead atoms. The van der Waals surface area contributed by atoms with E-state index in [0.717, 1.165) is 0 Å². The molecule has 0 fully saturated rings. The number of pyridine rings is 1. The molecule has 1 aromatic rings. The van der Waals surface area contributed by atoms with Crippen LogP contribution in [0.4, 0.5) is 0 Å². The van der Waals surface area contributed by atoms with Crippen LogP contribution in [0.25, 0.3) is 6.08 Å². The van der Waals surface area contributed by atoms with Crippen molar-refractivity contribution in [1.82, 2.24) is 4.98 Å². The second-order valence-corrected chi connectivity index (χ2v) is 2.99. The lowest BCUT2D eigenvalue weighted by molar-refractivity contribution is 0.471.